The van der Waals surface area contributed by atoms with Crippen molar-refractivity contribution >= 4 is 33.6 Å². The Bertz CT molecular complexity index is 2930. The number of rotatable bonds is 90. The van der Waals surface area contributed by atoms with Gasteiger partial charge in [0.05, 0.1) is 26.4 Å². The van der Waals surface area contributed by atoms with Crippen LogP contribution in [-0.2, 0) is 55.8 Å². The Morgan fingerprint density at radius 1 is 0.231 bits per heavy atom. The van der Waals surface area contributed by atoms with Crippen LogP contribution in [0.1, 0.15) is 393 Å². The number of carbonyl (C=O) groups is 3. The fourth-order valence-corrected chi connectivity index (χ4v) is 14.5. The van der Waals surface area contributed by atoms with Crippen molar-refractivity contribution in [3.63, 3.8) is 0 Å². The number of phosphoric acid groups is 2. The molecule has 0 aromatic carbocycles. The number of unbranched alkanes of at least 4 members (excludes halogenated alkanes) is 37. The maximum absolute atomic E-state index is 13.1. The van der Waals surface area contributed by atoms with Gasteiger partial charge in [-0.05, 0) is 154 Å². The van der Waals surface area contributed by atoms with Gasteiger partial charge in [-0.1, -0.05) is 402 Å². The van der Waals surface area contributed by atoms with Crippen molar-refractivity contribution in [1.29, 1.82) is 0 Å². The van der Waals surface area contributed by atoms with Crippen LogP contribution in [0.5, 0.6) is 0 Å². The summed E-state index contributed by atoms with van der Waals surface area (Å²) in [6.07, 6.45) is 124. The summed E-state index contributed by atoms with van der Waals surface area (Å²) in [5.74, 6) is -1.58. The monoisotopic (exact) mass is 1730 g/mol. The summed E-state index contributed by atoms with van der Waals surface area (Å²) in [6, 6.07) is 0. The van der Waals surface area contributed by atoms with Crippen LogP contribution in [0.2, 0.25) is 0 Å². The fourth-order valence-electron chi connectivity index (χ4n) is 12.9. The molecule has 0 rings (SSSR count). The van der Waals surface area contributed by atoms with Crippen LogP contribution in [-0.4, -0.2) is 95.9 Å². The molecule has 0 aromatic heterocycles. The van der Waals surface area contributed by atoms with E-state index in [1.165, 1.54) is 141 Å². The van der Waals surface area contributed by atoms with E-state index in [4.69, 9.17) is 32.3 Å². The van der Waals surface area contributed by atoms with Crippen molar-refractivity contribution in [1.82, 2.24) is 0 Å². The van der Waals surface area contributed by atoms with Crippen LogP contribution in [0.25, 0.3) is 0 Å². The Labute approximate surface area is 738 Å². The zero-order valence-corrected chi connectivity index (χ0v) is 78.2. The second kappa shape index (κ2) is 93.8. The van der Waals surface area contributed by atoms with E-state index in [1.807, 2.05) is 0 Å². The summed E-state index contributed by atoms with van der Waals surface area (Å²) in [4.78, 5) is 59.0. The van der Waals surface area contributed by atoms with Gasteiger partial charge in [-0.2, -0.15) is 0 Å². The zero-order valence-electron chi connectivity index (χ0n) is 76.4. The van der Waals surface area contributed by atoms with E-state index >= 15 is 0 Å². The second-order valence-electron chi connectivity index (χ2n) is 31.7. The maximum atomic E-state index is 13.1. The Hall–Kier alpha value is -5.35. The van der Waals surface area contributed by atoms with Gasteiger partial charge in [0.2, 0.25) is 0 Å². The molecule has 0 saturated carbocycles. The van der Waals surface area contributed by atoms with E-state index in [-0.39, 0.29) is 19.3 Å². The molecule has 16 nitrogen and oxygen atoms in total. The first kappa shape index (κ1) is 116. The highest BCUT2D eigenvalue weighted by atomic mass is 31.2. The topological polar surface area (TPSA) is 231 Å². The molecule has 0 aromatic rings. The lowest BCUT2D eigenvalue weighted by molar-refractivity contribution is -0.161. The highest BCUT2D eigenvalue weighted by Crippen LogP contribution is 2.45. The Kier molecular flexibility index (Phi) is 89.6. The van der Waals surface area contributed by atoms with Crippen molar-refractivity contribution in [2.45, 2.75) is 411 Å². The van der Waals surface area contributed by atoms with E-state index in [9.17, 15) is 43.5 Å². The highest BCUT2D eigenvalue weighted by molar-refractivity contribution is 7.47. The van der Waals surface area contributed by atoms with Gasteiger partial charge in [-0.25, -0.2) is 9.13 Å². The average Bonchev–Trinajstić information content (AvgIpc) is 0.896. The summed E-state index contributed by atoms with van der Waals surface area (Å²) in [5.41, 5.74) is 0. The van der Waals surface area contributed by atoms with E-state index in [1.54, 1.807) is 0 Å². The molecular weight excluding hydrogens is 1560 g/mol. The molecule has 0 fully saturated rings. The number of aliphatic hydroxyl groups is 2. The first-order chi connectivity index (χ1) is 59.2. The average molecular weight is 1730 g/mol. The van der Waals surface area contributed by atoms with Crippen molar-refractivity contribution in [2.24, 2.45) is 0 Å². The van der Waals surface area contributed by atoms with Gasteiger partial charge in [-0.3, -0.25) is 32.5 Å². The largest absolute Gasteiger partial charge is 0.472 e. The minimum absolute atomic E-state index is 0.0904. The molecule has 0 aliphatic carbocycles. The van der Waals surface area contributed by atoms with Crippen molar-refractivity contribution in [3.05, 3.63) is 182 Å². The molecule has 18 heteroatoms. The predicted octanol–water partition coefficient (Wildman–Crippen LogP) is 30.0. The Morgan fingerprint density at radius 3 is 0.653 bits per heavy atom. The lowest BCUT2D eigenvalue weighted by atomic mass is 10.0. The van der Waals surface area contributed by atoms with Crippen LogP contribution in [0, 0.1) is 0 Å². The van der Waals surface area contributed by atoms with Crippen LogP contribution >= 0.6 is 15.6 Å². The quantitative estimate of drug-likeness (QED) is 0.0146. The Morgan fingerprint density at radius 2 is 0.413 bits per heavy atom. The third-order valence-corrected chi connectivity index (χ3v) is 22.0. The number of aliphatic hydroxyl groups excluding tert-OH is 2. The number of hydrogen-bond donors (Lipinski definition) is 4. The standard InChI is InChI=1S/C103H174O16P2/c1-4-7-10-13-16-19-22-25-28-31-33-35-37-39-41-43-45-47-48-50-52-53-55-57-59-61-63-66-68-71-74-77-80-83-86-89-101(106)113-92-98(104)93-115-120(109,110)116-94-99(105)95-117-121(111,112)118-97-100(119-103(108)91-88-85-82-79-76-73-70-65-30-27-24-21-18-15-12-9-6-3)96-114-102(107)90-87-84-81-78-75-72-69-67-64-62-60-58-56-54-51-49-46-44-42-40-38-36-34-32-29-26-23-20-17-14-11-8-5-2/h7-12,16-21,25-30,33-36,39-42,45-47,49,98-100,104-105H,4-6,13-15,22-24,31-32,37-38,43-44,48,50-97H2,1-3H3,(H,109,110)(H,111,112)/b10-7-,11-8-,12-9-,19-16-,20-17-,21-18-,28-25-,29-26-,30-27-,35-33-,36-34-,41-39-,42-40-,47-45-,49-46-. The highest BCUT2D eigenvalue weighted by Gasteiger charge is 2.30. The van der Waals surface area contributed by atoms with Gasteiger partial charge in [0, 0.05) is 19.3 Å². The molecule has 4 N–H and O–H groups in total. The van der Waals surface area contributed by atoms with Gasteiger partial charge in [0.25, 0.3) is 0 Å². The molecular formula is C103H174O16P2. The maximum Gasteiger partial charge on any atom is 0.472 e. The molecule has 5 unspecified atom stereocenters. The normalized spacial score (nSPS) is 14.5. The molecule has 0 aliphatic heterocycles. The summed E-state index contributed by atoms with van der Waals surface area (Å²) < 4.78 is 61.5. The number of phosphoric ester groups is 2. The van der Waals surface area contributed by atoms with Crippen molar-refractivity contribution in [2.75, 3.05) is 39.6 Å². The summed E-state index contributed by atoms with van der Waals surface area (Å²) in [5, 5.41) is 20.7. The minimum atomic E-state index is -4.95. The van der Waals surface area contributed by atoms with Gasteiger partial charge >= 0.3 is 33.6 Å². The second-order valence-corrected chi connectivity index (χ2v) is 34.6. The zero-order chi connectivity index (χ0) is 87.9. The Balaban J connectivity index is 4.47. The summed E-state index contributed by atoms with van der Waals surface area (Å²) in [7, 11) is -9.81. The number of hydrogen-bond acceptors (Lipinski definition) is 14. The van der Waals surface area contributed by atoms with Gasteiger partial charge in [0.15, 0.2) is 6.10 Å². The number of esters is 3. The van der Waals surface area contributed by atoms with Gasteiger partial charge in [0.1, 0.15) is 25.4 Å². The van der Waals surface area contributed by atoms with Gasteiger partial charge in [-0.15, -0.1) is 0 Å². The minimum Gasteiger partial charge on any atom is -0.463 e. The first-order valence-electron chi connectivity index (χ1n) is 48.1. The third kappa shape index (κ3) is 95.2. The molecule has 0 saturated heterocycles. The van der Waals surface area contributed by atoms with E-state index in [0.717, 1.165) is 193 Å². The lowest BCUT2D eigenvalue weighted by Crippen LogP contribution is -2.30. The smallest absolute Gasteiger partial charge is 0.463 e. The number of carbonyl (C=O) groups excluding carboxylic acids is 3. The van der Waals surface area contributed by atoms with Crippen LogP contribution in [0.15, 0.2) is 182 Å². The van der Waals surface area contributed by atoms with Crippen molar-refractivity contribution < 1.29 is 75.8 Å². The molecule has 0 heterocycles. The first-order valence-corrected chi connectivity index (χ1v) is 51.1. The summed E-state index contributed by atoms with van der Waals surface area (Å²) in [6.45, 7) is 2.38. The molecule has 0 radical (unpaired) electrons. The van der Waals surface area contributed by atoms with E-state index in [2.05, 4.69) is 203 Å². The molecule has 692 valence electrons. The molecule has 0 bridgehead atoms. The van der Waals surface area contributed by atoms with Crippen molar-refractivity contribution in [3.8, 4) is 0 Å². The molecule has 121 heavy (non-hydrogen) atoms. The molecule has 5 atom stereocenters. The van der Waals surface area contributed by atoms with Crippen LogP contribution in [0.3, 0.4) is 0 Å². The molecule has 0 aliphatic rings. The predicted molar refractivity (Wildman–Crippen MR) is 509 cm³/mol. The third-order valence-electron chi connectivity index (χ3n) is 20.1. The lowest BCUT2D eigenvalue weighted by Gasteiger charge is -2.21. The fraction of sp³-hybridized carbons (Fsp3) is 0.680. The van der Waals surface area contributed by atoms with E-state index < -0.39 is 91.5 Å². The summed E-state index contributed by atoms with van der Waals surface area (Å²) >= 11 is 0. The molecule has 0 amide bonds. The number of ether oxygens (including phenoxy) is 3. The number of allylic oxidation sites excluding steroid dienone is 30. The van der Waals surface area contributed by atoms with Crippen LogP contribution in [0.4, 0.5) is 0 Å². The van der Waals surface area contributed by atoms with Gasteiger partial charge < -0.3 is 34.2 Å². The van der Waals surface area contributed by atoms with Crippen LogP contribution < -0.4 is 0 Å². The molecule has 0 spiro atoms. The van der Waals surface area contributed by atoms with E-state index in [0.29, 0.717) is 19.3 Å². The SMILES string of the molecule is CC/C=C\C/C=C\C/C=C\C/C=C\C/C=C\C/C=C\CCCCCCCCCCCCCCCCCCC(=O)OCC(O)COP(=O)(O)OCC(O)COP(=O)(O)OCC(COC(=O)CCCCCCCCCCCCCCCC/C=C\C/C=C\C/C=C\C/C=C\C/C=C\C/C=C\CC)OC(=O)CCCCCCCCC/C=C\C/C=C\C/C=C\CC.